The van der Waals surface area contributed by atoms with E-state index in [2.05, 4.69) is 18.7 Å². The van der Waals surface area contributed by atoms with Crippen LogP contribution in [0.25, 0.3) is 0 Å². The highest BCUT2D eigenvalue weighted by atomic mass is 32.1. The summed E-state index contributed by atoms with van der Waals surface area (Å²) in [7, 11) is 0. The Labute approximate surface area is 92.8 Å². The molecule has 0 unspecified atom stereocenters. The van der Waals surface area contributed by atoms with Crippen LogP contribution in [0.3, 0.4) is 0 Å². The Balaban J connectivity index is 2.36. The molecule has 1 aliphatic rings. The highest BCUT2D eigenvalue weighted by Gasteiger charge is 2.34. The van der Waals surface area contributed by atoms with E-state index in [9.17, 15) is 0 Å². The van der Waals surface area contributed by atoms with E-state index in [-0.39, 0.29) is 0 Å². The molecule has 3 heteroatoms. The summed E-state index contributed by atoms with van der Waals surface area (Å²) < 4.78 is 0. The molecule has 14 heavy (non-hydrogen) atoms. The molecule has 0 atom stereocenters. The topological polar surface area (TPSA) is 29.3 Å². The largest absolute Gasteiger partial charge is 0.393 e. The molecule has 0 aromatic carbocycles. The Morgan fingerprint density at radius 3 is 2.50 bits per heavy atom. The van der Waals surface area contributed by atoms with Gasteiger partial charge in [0.05, 0.1) is 4.99 Å². The molecule has 0 bridgehead atoms. The van der Waals surface area contributed by atoms with E-state index in [1.54, 1.807) is 0 Å². The average molecular weight is 214 g/mol. The van der Waals surface area contributed by atoms with Crippen molar-refractivity contribution in [3.8, 4) is 0 Å². The van der Waals surface area contributed by atoms with Gasteiger partial charge < -0.3 is 10.6 Å². The van der Waals surface area contributed by atoms with Crippen molar-refractivity contribution in [3.05, 3.63) is 0 Å². The predicted molar refractivity (Wildman–Crippen MR) is 65.5 cm³/mol. The number of likely N-dealkylation sites (tertiary alicyclic amines) is 1. The van der Waals surface area contributed by atoms with E-state index in [1.165, 1.54) is 32.4 Å². The normalized spacial score (nSPS) is 21.3. The summed E-state index contributed by atoms with van der Waals surface area (Å²) in [5.74, 6) is 0. The molecule has 82 valence electrons. The van der Waals surface area contributed by atoms with Crippen molar-refractivity contribution in [2.75, 3.05) is 19.6 Å². The summed E-state index contributed by atoms with van der Waals surface area (Å²) in [4.78, 5) is 3.15. The van der Waals surface area contributed by atoms with Gasteiger partial charge in [-0.15, -0.1) is 0 Å². The second kappa shape index (κ2) is 5.08. The van der Waals surface area contributed by atoms with Crippen molar-refractivity contribution >= 4 is 17.2 Å². The van der Waals surface area contributed by atoms with Crippen molar-refractivity contribution in [1.82, 2.24) is 4.90 Å². The summed E-state index contributed by atoms with van der Waals surface area (Å²) in [6.45, 7) is 8.13. The molecule has 1 saturated heterocycles. The highest BCUT2D eigenvalue weighted by molar-refractivity contribution is 7.80. The minimum atomic E-state index is 0.580. The quantitative estimate of drug-likeness (QED) is 0.711. The van der Waals surface area contributed by atoms with Gasteiger partial charge in [-0.3, -0.25) is 0 Å². The maximum absolute atomic E-state index is 5.51. The van der Waals surface area contributed by atoms with Crippen molar-refractivity contribution in [1.29, 1.82) is 0 Å². The van der Waals surface area contributed by atoms with Crippen LogP contribution >= 0.6 is 12.2 Å². The molecule has 0 amide bonds. The van der Waals surface area contributed by atoms with Gasteiger partial charge in [-0.2, -0.15) is 0 Å². The summed E-state index contributed by atoms with van der Waals surface area (Å²) in [6, 6.07) is 0. The highest BCUT2D eigenvalue weighted by Crippen LogP contribution is 2.36. The Bertz CT molecular complexity index is 199. The smallest absolute Gasteiger partial charge is 0.0740 e. The van der Waals surface area contributed by atoms with E-state index in [4.69, 9.17) is 18.0 Å². The number of hydrogen-bond acceptors (Lipinski definition) is 2. The summed E-state index contributed by atoms with van der Waals surface area (Å²) in [6.07, 6.45) is 4.82. The van der Waals surface area contributed by atoms with Gasteiger partial charge in [0.2, 0.25) is 0 Å². The lowest BCUT2D eigenvalue weighted by Crippen LogP contribution is -2.29. The Hall–Kier alpha value is -0.150. The molecule has 1 aliphatic heterocycles. The zero-order valence-corrected chi connectivity index (χ0v) is 10.2. The summed E-state index contributed by atoms with van der Waals surface area (Å²) in [5.41, 5.74) is 6.09. The summed E-state index contributed by atoms with van der Waals surface area (Å²) >= 11 is 4.90. The van der Waals surface area contributed by atoms with Crippen LogP contribution in [0, 0.1) is 5.41 Å². The lowest BCUT2D eigenvalue weighted by atomic mass is 9.82. The SMILES string of the molecule is CCC1(CC)CCN(CCC(N)=S)C1. The van der Waals surface area contributed by atoms with Gasteiger partial charge in [0, 0.05) is 19.5 Å². The average Bonchev–Trinajstić information content (AvgIpc) is 2.59. The molecule has 1 fully saturated rings. The molecule has 2 N–H and O–H groups in total. The van der Waals surface area contributed by atoms with Gasteiger partial charge in [0.25, 0.3) is 0 Å². The molecule has 0 aliphatic carbocycles. The first-order chi connectivity index (χ1) is 6.62. The zero-order chi connectivity index (χ0) is 10.6. The first-order valence-corrected chi connectivity index (χ1v) is 6.03. The van der Waals surface area contributed by atoms with Crippen LogP contribution in [0.2, 0.25) is 0 Å². The number of rotatable bonds is 5. The fraction of sp³-hybridized carbons (Fsp3) is 0.909. The van der Waals surface area contributed by atoms with E-state index in [0.717, 1.165) is 13.0 Å². The van der Waals surface area contributed by atoms with Gasteiger partial charge in [0.1, 0.15) is 0 Å². The van der Waals surface area contributed by atoms with Gasteiger partial charge in [-0.1, -0.05) is 26.1 Å². The fourth-order valence-electron chi connectivity index (χ4n) is 2.31. The van der Waals surface area contributed by atoms with E-state index in [0.29, 0.717) is 10.4 Å². The number of nitrogens with zero attached hydrogens (tertiary/aromatic N) is 1. The summed E-state index contributed by atoms with van der Waals surface area (Å²) in [5, 5.41) is 0. The molecule has 1 heterocycles. The number of nitrogens with two attached hydrogens (primary N) is 1. The zero-order valence-electron chi connectivity index (χ0n) is 9.38. The van der Waals surface area contributed by atoms with Crippen LogP contribution in [-0.4, -0.2) is 29.5 Å². The Morgan fingerprint density at radius 2 is 2.07 bits per heavy atom. The molecule has 2 nitrogen and oxygen atoms in total. The second-order valence-electron chi connectivity index (χ2n) is 4.45. The van der Waals surface area contributed by atoms with Crippen LogP contribution in [0.5, 0.6) is 0 Å². The third kappa shape index (κ3) is 2.92. The second-order valence-corrected chi connectivity index (χ2v) is 4.97. The Morgan fingerprint density at radius 1 is 1.43 bits per heavy atom. The van der Waals surface area contributed by atoms with Crippen molar-refractivity contribution < 1.29 is 0 Å². The van der Waals surface area contributed by atoms with Crippen molar-refractivity contribution in [3.63, 3.8) is 0 Å². The minimum absolute atomic E-state index is 0.580. The number of thiocarbonyl (C=S) groups is 1. The van der Waals surface area contributed by atoms with Crippen LogP contribution in [-0.2, 0) is 0 Å². The molecule has 0 aromatic heterocycles. The first-order valence-electron chi connectivity index (χ1n) is 5.62. The lowest BCUT2D eigenvalue weighted by Gasteiger charge is -2.26. The van der Waals surface area contributed by atoms with E-state index >= 15 is 0 Å². The van der Waals surface area contributed by atoms with Gasteiger partial charge in [0.15, 0.2) is 0 Å². The molecule has 0 spiro atoms. The maximum Gasteiger partial charge on any atom is 0.0740 e. The van der Waals surface area contributed by atoms with E-state index < -0.39 is 0 Å². The van der Waals surface area contributed by atoms with Crippen molar-refractivity contribution in [2.45, 2.75) is 39.5 Å². The van der Waals surface area contributed by atoms with Crippen LogP contribution in [0.15, 0.2) is 0 Å². The van der Waals surface area contributed by atoms with Gasteiger partial charge in [-0.05, 0) is 31.2 Å². The third-order valence-electron chi connectivity index (χ3n) is 3.69. The first kappa shape index (κ1) is 11.9. The molecule has 1 rings (SSSR count). The number of hydrogen-bond donors (Lipinski definition) is 1. The predicted octanol–water partition coefficient (Wildman–Crippen LogP) is 2.17. The maximum atomic E-state index is 5.51. The minimum Gasteiger partial charge on any atom is -0.393 e. The third-order valence-corrected chi connectivity index (χ3v) is 3.90. The molecule has 0 saturated carbocycles. The van der Waals surface area contributed by atoms with Crippen LogP contribution < -0.4 is 5.73 Å². The van der Waals surface area contributed by atoms with Gasteiger partial charge in [-0.25, -0.2) is 0 Å². The molecular formula is C11H22N2S. The molecule has 0 radical (unpaired) electrons. The molecular weight excluding hydrogens is 192 g/mol. The van der Waals surface area contributed by atoms with Gasteiger partial charge >= 0.3 is 0 Å². The lowest BCUT2D eigenvalue weighted by molar-refractivity contribution is 0.244. The van der Waals surface area contributed by atoms with Crippen molar-refractivity contribution in [2.24, 2.45) is 11.1 Å². The van der Waals surface area contributed by atoms with Crippen LogP contribution in [0.4, 0.5) is 0 Å². The van der Waals surface area contributed by atoms with E-state index in [1.807, 2.05) is 0 Å². The molecule has 0 aromatic rings. The Kier molecular flexibility index (Phi) is 4.32. The fourth-order valence-corrected chi connectivity index (χ4v) is 2.41. The monoisotopic (exact) mass is 214 g/mol. The van der Waals surface area contributed by atoms with Crippen LogP contribution in [0.1, 0.15) is 39.5 Å². The standard InChI is InChI=1S/C11H22N2S/c1-3-11(4-2)6-8-13(9-11)7-5-10(12)14/h3-9H2,1-2H3,(H2,12,14).